The molecule has 0 saturated heterocycles. The Hall–Kier alpha value is 0.700. The maximum atomic E-state index is 12.5. The van der Waals surface area contributed by atoms with Crippen molar-refractivity contribution in [3.63, 3.8) is 0 Å². The number of hydrogen-bond acceptors (Lipinski definition) is 1. The third-order valence-corrected chi connectivity index (χ3v) is 3.95. The molecule has 0 bridgehead atoms. The molecular formula is C7H4Br2F2IN. The summed E-state index contributed by atoms with van der Waals surface area (Å²) in [5.41, 5.74) is 0.747. The summed E-state index contributed by atoms with van der Waals surface area (Å²) in [6, 6.07) is 0. The first-order chi connectivity index (χ1) is 6.07. The fourth-order valence-corrected chi connectivity index (χ4v) is 3.42. The molecule has 0 aliphatic carbocycles. The second-order valence-corrected chi connectivity index (χ2v) is 4.63. The lowest BCUT2D eigenvalue weighted by Gasteiger charge is -2.08. The first-order valence-electron chi connectivity index (χ1n) is 3.24. The molecule has 1 heterocycles. The number of aromatic nitrogens is 1. The number of halogens is 5. The smallest absolute Gasteiger partial charge is 0.248 e. The van der Waals surface area contributed by atoms with Crippen LogP contribution in [-0.2, 0) is 5.33 Å². The Kier molecular flexibility index (Phi) is 4.50. The monoisotopic (exact) mass is 425 g/mol. The summed E-state index contributed by atoms with van der Waals surface area (Å²) in [5, 5.41) is 0.533. The maximum absolute atomic E-state index is 12.5. The van der Waals surface area contributed by atoms with Crippen molar-refractivity contribution in [3.8, 4) is 0 Å². The van der Waals surface area contributed by atoms with E-state index >= 15 is 0 Å². The van der Waals surface area contributed by atoms with E-state index in [1.807, 2.05) is 22.6 Å². The van der Waals surface area contributed by atoms with Gasteiger partial charge in [-0.05, 0) is 44.1 Å². The van der Waals surface area contributed by atoms with Gasteiger partial charge in [0.1, 0.15) is 4.60 Å². The van der Waals surface area contributed by atoms with Crippen molar-refractivity contribution in [1.29, 1.82) is 0 Å². The van der Waals surface area contributed by atoms with E-state index < -0.39 is 6.43 Å². The van der Waals surface area contributed by atoms with Gasteiger partial charge in [0.25, 0.3) is 6.43 Å². The average Bonchev–Trinajstić information content (AvgIpc) is 2.04. The van der Waals surface area contributed by atoms with Gasteiger partial charge in [-0.15, -0.1) is 0 Å². The van der Waals surface area contributed by atoms with Crippen molar-refractivity contribution in [2.45, 2.75) is 11.8 Å². The Morgan fingerprint density at radius 1 is 1.54 bits per heavy atom. The van der Waals surface area contributed by atoms with Crippen LogP contribution in [0.4, 0.5) is 8.78 Å². The van der Waals surface area contributed by atoms with Gasteiger partial charge in [-0.1, -0.05) is 15.9 Å². The molecule has 1 nitrogen and oxygen atoms in total. The van der Waals surface area contributed by atoms with Crippen LogP contribution in [0.15, 0.2) is 10.8 Å². The molecule has 0 saturated carbocycles. The van der Waals surface area contributed by atoms with Gasteiger partial charge < -0.3 is 0 Å². The minimum Gasteiger partial charge on any atom is -0.248 e. The minimum absolute atomic E-state index is 0.0300. The van der Waals surface area contributed by atoms with Gasteiger partial charge in [-0.25, -0.2) is 13.8 Å². The molecular weight excluding hydrogens is 423 g/mol. The molecule has 0 N–H and O–H groups in total. The number of rotatable bonds is 2. The molecule has 0 fully saturated rings. The van der Waals surface area contributed by atoms with Gasteiger partial charge in [0.15, 0.2) is 0 Å². The molecule has 0 radical (unpaired) electrons. The first-order valence-corrected chi connectivity index (χ1v) is 6.24. The van der Waals surface area contributed by atoms with Crippen LogP contribution in [0, 0.1) is 3.57 Å². The molecule has 6 heteroatoms. The van der Waals surface area contributed by atoms with E-state index in [0.717, 1.165) is 5.56 Å². The maximum Gasteiger partial charge on any atom is 0.267 e. The number of alkyl halides is 3. The second kappa shape index (κ2) is 4.97. The summed E-state index contributed by atoms with van der Waals surface area (Å²) in [5.74, 6) is 0. The van der Waals surface area contributed by atoms with E-state index in [2.05, 4.69) is 36.8 Å². The zero-order valence-electron chi connectivity index (χ0n) is 6.20. The van der Waals surface area contributed by atoms with Gasteiger partial charge in [-0.3, -0.25) is 0 Å². The molecule has 1 aromatic heterocycles. The Bertz CT molecular complexity index is 320. The van der Waals surface area contributed by atoms with Gasteiger partial charge in [0.05, 0.1) is 5.56 Å². The average molecular weight is 427 g/mol. The summed E-state index contributed by atoms with van der Waals surface area (Å²) >= 11 is 8.11. The SMILES string of the molecule is FC(F)c1c(Br)ncc(CBr)c1I. The first kappa shape index (κ1) is 11.8. The van der Waals surface area contributed by atoms with E-state index in [4.69, 9.17) is 0 Å². The molecule has 13 heavy (non-hydrogen) atoms. The van der Waals surface area contributed by atoms with Gasteiger partial charge in [0, 0.05) is 15.1 Å². The van der Waals surface area contributed by atoms with Crippen molar-refractivity contribution in [3.05, 3.63) is 25.5 Å². The number of nitrogens with zero attached hydrogens (tertiary/aromatic N) is 1. The van der Waals surface area contributed by atoms with E-state index in [1.165, 1.54) is 0 Å². The normalized spacial score (nSPS) is 10.9. The van der Waals surface area contributed by atoms with Crippen LogP contribution in [0.5, 0.6) is 0 Å². The number of hydrogen-bond donors (Lipinski definition) is 0. The fraction of sp³-hybridized carbons (Fsp3) is 0.286. The van der Waals surface area contributed by atoms with Crippen molar-refractivity contribution in [2.75, 3.05) is 0 Å². The highest BCUT2D eigenvalue weighted by Gasteiger charge is 2.18. The predicted molar refractivity (Wildman–Crippen MR) is 62.2 cm³/mol. The molecule has 1 aromatic rings. The Balaban J connectivity index is 3.30. The van der Waals surface area contributed by atoms with Crippen LogP contribution in [0.2, 0.25) is 0 Å². The van der Waals surface area contributed by atoms with E-state index in [0.29, 0.717) is 8.90 Å². The Morgan fingerprint density at radius 3 is 2.62 bits per heavy atom. The lowest BCUT2D eigenvalue weighted by Crippen LogP contribution is -1.98. The standard InChI is InChI=1S/C7H4Br2F2IN/c8-1-3-2-13-6(9)4(5(3)12)7(10)11/h2,7H,1H2. The largest absolute Gasteiger partial charge is 0.267 e. The highest BCUT2D eigenvalue weighted by Crippen LogP contribution is 2.32. The predicted octanol–water partition coefficient (Wildman–Crippen LogP) is 4.28. The quantitative estimate of drug-likeness (QED) is 0.391. The zero-order chi connectivity index (χ0) is 10.0. The third kappa shape index (κ3) is 2.59. The molecule has 0 spiro atoms. The third-order valence-electron chi connectivity index (χ3n) is 1.44. The molecule has 0 aliphatic heterocycles. The zero-order valence-corrected chi connectivity index (χ0v) is 11.5. The van der Waals surface area contributed by atoms with Gasteiger partial charge in [-0.2, -0.15) is 0 Å². The van der Waals surface area contributed by atoms with Crippen molar-refractivity contribution in [1.82, 2.24) is 4.98 Å². The second-order valence-electron chi connectivity index (χ2n) is 2.24. The summed E-state index contributed by atoms with van der Waals surface area (Å²) in [7, 11) is 0. The van der Waals surface area contributed by atoms with Crippen LogP contribution >= 0.6 is 54.5 Å². The van der Waals surface area contributed by atoms with Crippen LogP contribution in [0.1, 0.15) is 17.6 Å². The number of pyridine rings is 1. The highest BCUT2D eigenvalue weighted by atomic mass is 127. The van der Waals surface area contributed by atoms with Crippen LogP contribution < -0.4 is 0 Å². The van der Waals surface area contributed by atoms with E-state index in [-0.39, 0.29) is 10.2 Å². The summed E-state index contributed by atoms with van der Waals surface area (Å²) in [4.78, 5) is 3.83. The van der Waals surface area contributed by atoms with Gasteiger partial charge >= 0.3 is 0 Å². The lowest BCUT2D eigenvalue weighted by atomic mass is 10.2. The molecule has 0 aromatic carbocycles. The summed E-state index contributed by atoms with van der Waals surface area (Å²) in [6.07, 6.45) is -0.917. The van der Waals surface area contributed by atoms with Crippen LogP contribution in [0.25, 0.3) is 0 Å². The van der Waals surface area contributed by atoms with Crippen LogP contribution in [0.3, 0.4) is 0 Å². The van der Waals surface area contributed by atoms with Crippen LogP contribution in [-0.4, -0.2) is 4.98 Å². The minimum atomic E-state index is -2.49. The Labute approximate surface area is 105 Å². The topological polar surface area (TPSA) is 12.9 Å². The molecule has 0 atom stereocenters. The molecule has 0 unspecified atom stereocenters. The Morgan fingerprint density at radius 2 is 2.15 bits per heavy atom. The van der Waals surface area contributed by atoms with Crippen molar-refractivity contribution >= 4 is 54.5 Å². The van der Waals surface area contributed by atoms with Gasteiger partial charge in [0.2, 0.25) is 0 Å². The fourth-order valence-electron chi connectivity index (χ4n) is 0.803. The molecule has 0 amide bonds. The van der Waals surface area contributed by atoms with E-state index in [9.17, 15) is 8.78 Å². The van der Waals surface area contributed by atoms with Crippen molar-refractivity contribution < 1.29 is 8.78 Å². The highest BCUT2D eigenvalue weighted by molar-refractivity contribution is 14.1. The van der Waals surface area contributed by atoms with E-state index in [1.54, 1.807) is 6.20 Å². The summed E-state index contributed by atoms with van der Waals surface area (Å²) < 4.78 is 25.8. The molecule has 0 aliphatic rings. The lowest BCUT2D eigenvalue weighted by molar-refractivity contribution is 0.149. The van der Waals surface area contributed by atoms with Crippen molar-refractivity contribution in [2.24, 2.45) is 0 Å². The summed E-state index contributed by atoms with van der Waals surface area (Å²) in [6.45, 7) is 0. The molecule has 1 rings (SSSR count). The molecule has 72 valence electrons.